The zero-order chi connectivity index (χ0) is 12.4. The number of aromatic nitrogens is 1. The summed E-state index contributed by atoms with van der Waals surface area (Å²) in [4.78, 5) is 10.1. The van der Waals surface area contributed by atoms with Crippen molar-refractivity contribution in [2.24, 2.45) is 0 Å². The molecule has 2 rings (SSSR count). The molecule has 1 aromatic heterocycles. The van der Waals surface area contributed by atoms with Gasteiger partial charge in [0.15, 0.2) is 0 Å². The highest BCUT2D eigenvalue weighted by molar-refractivity contribution is 7.04. The van der Waals surface area contributed by atoms with E-state index in [1.807, 2.05) is 0 Å². The largest absolute Gasteiger partial charge is 0.480 e. The van der Waals surface area contributed by atoms with Crippen molar-refractivity contribution in [3.8, 4) is 17.0 Å². The summed E-state index contributed by atoms with van der Waals surface area (Å²) in [5.41, 5.74) is 0.359. The summed E-state index contributed by atoms with van der Waals surface area (Å²) < 4.78 is 22.5. The van der Waals surface area contributed by atoms with E-state index in [0.29, 0.717) is 5.56 Å². The molecule has 0 atom stereocenters. The van der Waals surface area contributed by atoms with E-state index in [4.69, 9.17) is 4.74 Å². The number of rotatable bonds is 3. The number of nitro groups is 1. The average Bonchev–Trinajstić information content (AvgIpc) is 2.77. The zero-order valence-corrected chi connectivity index (χ0v) is 9.53. The third-order valence-electron chi connectivity index (χ3n) is 2.18. The maximum Gasteiger partial charge on any atom is 0.270 e. The number of nitro benzene ring substituents is 1. The number of ether oxygens (including phenoxy) is 1. The number of nitrogens with zero attached hydrogens (tertiary/aromatic N) is 2. The molecule has 1 aromatic carbocycles. The highest BCUT2D eigenvalue weighted by atomic mass is 32.1. The van der Waals surface area contributed by atoms with Crippen molar-refractivity contribution in [2.75, 3.05) is 7.11 Å². The number of halogens is 1. The predicted molar refractivity (Wildman–Crippen MR) is 60.7 cm³/mol. The van der Waals surface area contributed by atoms with Gasteiger partial charge in [0.25, 0.3) is 5.69 Å². The Labute approximate surface area is 99.8 Å². The fourth-order valence-electron chi connectivity index (χ4n) is 1.39. The molecule has 88 valence electrons. The van der Waals surface area contributed by atoms with Gasteiger partial charge >= 0.3 is 0 Å². The van der Waals surface area contributed by atoms with Gasteiger partial charge in [0, 0.05) is 23.1 Å². The van der Waals surface area contributed by atoms with Crippen molar-refractivity contribution in [2.45, 2.75) is 0 Å². The normalized spacial score (nSPS) is 10.2. The first-order chi connectivity index (χ1) is 8.13. The van der Waals surface area contributed by atoms with Crippen LogP contribution in [0.4, 0.5) is 10.1 Å². The number of non-ortho nitro benzene ring substituents is 1. The van der Waals surface area contributed by atoms with Crippen LogP contribution in [0.25, 0.3) is 11.1 Å². The molecule has 0 saturated heterocycles. The Balaban J connectivity index is 2.58. The van der Waals surface area contributed by atoms with Gasteiger partial charge in [-0.05, 0) is 17.6 Å². The molecule has 0 amide bonds. The van der Waals surface area contributed by atoms with Gasteiger partial charge in [-0.2, -0.15) is 4.37 Å². The van der Waals surface area contributed by atoms with E-state index in [9.17, 15) is 14.5 Å². The van der Waals surface area contributed by atoms with Gasteiger partial charge in [0.2, 0.25) is 5.88 Å². The first-order valence-electron chi connectivity index (χ1n) is 4.56. The van der Waals surface area contributed by atoms with Crippen LogP contribution < -0.4 is 4.74 Å². The van der Waals surface area contributed by atoms with Crippen LogP contribution in [-0.2, 0) is 0 Å². The van der Waals surface area contributed by atoms with Crippen LogP contribution in [0.1, 0.15) is 0 Å². The average molecular weight is 254 g/mol. The van der Waals surface area contributed by atoms with E-state index in [1.165, 1.54) is 13.2 Å². The molecule has 0 spiro atoms. The molecule has 0 N–H and O–H groups in total. The topological polar surface area (TPSA) is 65.3 Å². The predicted octanol–water partition coefficient (Wildman–Crippen LogP) is 2.87. The lowest BCUT2D eigenvalue weighted by atomic mass is 10.1. The fraction of sp³-hybridized carbons (Fsp3) is 0.100. The molecule has 0 radical (unpaired) electrons. The standard InChI is InChI=1S/C10H7FN2O3S/c1-16-10-8(5-17-12-10)7-4-6(13(14)15)2-3-9(7)11/h2-5H,1H3. The van der Waals surface area contributed by atoms with Crippen molar-refractivity contribution in [3.05, 3.63) is 39.5 Å². The minimum atomic E-state index is -0.574. The number of hydrogen-bond acceptors (Lipinski definition) is 5. The lowest BCUT2D eigenvalue weighted by Gasteiger charge is -2.02. The SMILES string of the molecule is COc1nscc1-c1cc([N+](=O)[O-])ccc1F. The van der Waals surface area contributed by atoms with Crippen LogP contribution in [0, 0.1) is 15.9 Å². The Morgan fingerprint density at radius 1 is 1.47 bits per heavy atom. The second-order valence-electron chi connectivity index (χ2n) is 3.16. The first-order valence-corrected chi connectivity index (χ1v) is 5.40. The lowest BCUT2D eigenvalue weighted by molar-refractivity contribution is -0.384. The molecule has 0 fully saturated rings. The summed E-state index contributed by atoms with van der Waals surface area (Å²) in [6, 6.07) is 3.34. The number of benzene rings is 1. The van der Waals surface area contributed by atoms with E-state index in [-0.39, 0.29) is 17.1 Å². The molecule has 5 nitrogen and oxygen atoms in total. The van der Waals surface area contributed by atoms with E-state index in [2.05, 4.69) is 4.37 Å². The molecular weight excluding hydrogens is 247 g/mol. The quantitative estimate of drug-likeness (QED) is 0.624. The summed E-state index contributed by atoms with van der Waals surface area (Å²) in [5.74, 6) is -0.288. The molecule has 0 aliphatic rings. The summed E-state index contributed by atoms with van der Waals surface area (Å²) in [7, 11) is 1.41. The van der Waals surface area contributed by atoms with Crippen molar-refractivity contribution >= 4 is 17.2 Å². The Hall–Kier alpha value is -2.02. The smallest absolute Gasteiger partial charge is 0.270 e. The van der Waals surface area contributed by atoms with Gasteiger partial charge in [-0.15, -0.1) is 0 Å². The summed E-state index contributed by atoms with van der Waals surface area (Å²) in [6.45, 7) is 0. The van der Waals surface area contributed by atoms with Gasteiger partial charge in [0.1, 0.15) is 5.82 Å². The van der Waals surface area contributed by atoms with Crippen LogP contribution in [0.3, 0.4) is 0 Å². The zero-order valence-electron chi connectivity index (χ0n) is 8.71. The van der Waals surface area contributed by atoms with Gasteiger partial charge in [0.05, 0.1) is 17.6 Å². The van der Waals surface area contributed by atoms with Gasteiger partial charge in [-0.1, -0.05) is 0 Å². The van der Waals surface area contributed by atoms with Crippen molar-refractivity contribution in [1.29, 1.82) is 0 Å². The third-order valence-corrected chi connectivity index (χ3v) is 2.79. The van der Waals surface area contributed by atoms with Crippen molar-refractivity contribution < 1.29 is 14.1 Å². The first kappa shape index (κ1) is 11.5. The molecule has 0 saturated carbocycles. The van der Waals surface area contributed by atoms with E-state index in [1.54, 1.807) is 5.38 Å². The van der Waals surface area contributed by atoms with Crippen LogP contribution in [0.5, 0.6) is 5.88 Å². The maximum atomic E-state index is 13.6. The van der Waals surface area contributed by atoms with Crippen molar-refractivity contribution in [1.82, 2.24) is 4.37 Å². The highest BCUT2D eigenvalue weighted by Gasteiger charge is 2.17. The van der Waals surface area contributed by atoms with Gasteiger partial charge in [-0.3, -0.25) is 10.1 Å². The monoisotopic (exact) mass is 254 g/mol. The molecule has 0 aliphatic heterocycles. The third kappa shape index (κ3) is 2.09. The van der Waals surface area contributed by atoms with E-state index in [0.717, 1.165) is 23.7 Å². The van der Waals surface area contributed by atoms with Crippen LogP contribution >= 0.6 is 11.5 Å². The number of hydrogen-bond donors (Lipinski definition) is 0. The van der Waals surface area contributed by atoms with E-state index >= 15 is 0 Å². The molecule has 1 heterocycles. The second-order valence-corrected chi connectivity index (χ2v) is 3.79. The minimum absolute atomic E-state index is 0.116. The summed E-state index contributed by atoms with van der Waals surface area (Å²) in [6.07, 6.45) is 0. The Bertz CT molecular complexity index is 570. The van der Waals surface area contributed by atoms with E-state index < -0.39 is 10.7 Å². The van der Waals surface area contributed by atoms with Gasteiger partial charge in [-0.25, -0.2) is 4.39 Å². The van der Waals surface area contributed by atoms with Crippen molar-refractivity contribution in [3.63, 3.8) is 0 Å². The Kier molecular flexibility index (Phi) is 3.01. The summed E-state index contributed by atoms with van der Waals surface area (Å²) in [5, 5.41) is 12.2. The molecule has 0 bridgehead atoms. The number of methoxy groups -OCH3 is 1. The molecule has 17 heavy (non-hydrogen) atoms. The molecule has 2 aromatic rings. The summed E-state index contributed by atoms with van der Waals surface area (Å²) >= 11 is 1.10. The fourth-order valence-corrected chi connectivity index (χ4v) is 2.04. The lowest BCUT2D eigenvalue weighted by Crippen LogP contribution is -1.92. The maximum absolute atomic E-state index is 13.6. The van der Waals surface area contributed by atoms with Crippen LogP contribution in [0.2, 0.25) is 0 Å². The minimum Gasteiger partial charge on any atom is -0.480 e. The Morgan fingerprint density at radius 3 is 2.88 bits per heavy atom. The Morgan fingerprint density at radius 2 is 2.24 bits per heavy atom. The molecule has 0 unspecified atom stereocenters. The van der Waals surface area contributed by atoms with Gasteiger partial charge < -0.3 is 4.74 Å². The van der Waals surface area contributed by atoms with Crippen LogP contribution in [-0.4, -0.2) is 16.4 Å². The molecular formula is C10H7FN2O3S. The molecule has 7 heteroatoms. The molecule has 0 aliphatic carbocycles. The second kappa shape index (κ2) is 4.46. The highest BCUT2D eigenvalue weighted by Crippen LogP contribution is 2.34. The van der Waals surface area contributed by atoms with Crippen LogP contribution in [0.15, 0.2) is 23.6 Å².